The zero-order valence-corrected chi connectivity index (χ0v) is 10.8. The van der Waals surface area contributed by atoms with E-state index >= 15 is 0 Å². The molecule has 0 fully saturated rings. The highest BCUT2D eigenvalue weighted by molar-refractivity contribution is 9.10. The highest BCUT2D eigenvalue weighted by Gasteiger charge is 2.09. The highest BCUT2D eigenvalue weighted by Crippen LogP contribution is 2.32. The molecule has 0 saturated carbocycles. The first-order valence-electron chi connectivity index (χ1n) is 4.52. The van der Waals surface area contributed by atoms with E-state index in [1.54, 1.807) is 0 Å². The lowest BCUT2D eigenvalue weighted by molar-refractivity contribution is 1.20. The predicted octanol–water partition coefficient (Wildman–Crippen LogP) is 3.85. The first-order chi connectivity index (χ1) is 7.00. The lowest BCUT2D eigenvalue weighted by Crippen LogP contribution is -1.97. The van der Waals surface area contributed by atoms with Crippen molar-refractivity contribution in [2.45, 2.75) is 13.8 Å². The Labute approximate surface area is 102 Å². The number of benzene rings is 1. The molecule has 2 aromatic rings. The fourth-order valence-electron chi connectivity index (χ4n) is 1.53. The molecule has 0 aliphatic heterocycles. The Hall–Kier alpha value is -0.800. The van der Waals surface area contributed by atoms with E-state index < -0.39 is 0 Å². The van der Waals surface area contributed by atoms with Crippen LogP contribution < -0.4 is 5.73 Å². The Balaban J connectivity index is 2.98. The maximum absolute atomic E-state index is 6.11. The van der Waals surface area contributed by atoms with Crippen molar-refractivity contribution in [3.05, 3.63) is 32.9 Å². The van der Waals surface area contributed by atoms with E-state index in [1.165, 1.54) is 0 Å². The summed E-state index contributed by atoms with van der Waals surface area (Å²) in [7, 11) is 0. The number of nitrogens with two attached hydrogens (primary N) is 1. The van der Waals surface area contributed by atoms with Gasteiger partial charge >= 0.3 is 0 Å². The number of hydrogen-bond acceptors (Lipinski definition) is 2. The first kappa shape index (κ1) is 10.7. The summed E-state index contributed by atoms with van der Waals surface area (Å²) in [5, 5.41) is 1.52. The molecule has 0 spiro atoms. The summed E-state index contributed by atoms with van der Waals surface area (Å²) in [6, 6.07) is 3.76. The minimum Gasteiger partial charge on any atom is -0.398 e. The lowest BCUT2D eigenvalue weighted by Gasteiger charge is -2.09. The average Bonchev–Trinajstić information content (AvgIpc) is 2.17. The van der Waals surface area contributed by atoms with E-state index in [4.69, 9.17) is 17.3 Å². The van der Waals surface area contributed by atoms with Gasteiger partial charge in [0.25, 0.3) is 0 Å². The number of nitrogens with zero attached hydrogens (tertiary/aromatic N) is 1. The Bertz CT molecular complexity index is 552. The van der Waals surface area contributed by atoms with Crippen LogP contribution in [0.15, 0.2) is 16.6 Å². The molecule has 2 rings (SSSR count). The van der Waals surface area contributed by atoms with Crippen molar-refractivity contribution in [3.8, 4) is 0 Å². The van der Waals surface area contributed by atoms with Crippen molar-refractivity contribution in [1.82, 2.24) is 4.98 Å². The van der Waals surface area contributed by atoms with Crippen LogP contribution in [0.4, 0.5) is 5.69 Å². The third-order valence-corrected chi connectivity index (χ3v) is 3.29. The van der Waals surface area contributed by atoms with Gasteiger partial charge in [-0.25, -0.2) is 0 Å². The van der Waals surface area contributed by atoms with Gasteiger partial charge < -0.3 is 5.73 Å². The number of rotatable bonds is 0. The van der Waals surface area contributed by atoms with E-state index in [0.29, 0.717) is 5.02 Å². The monoisotopic (exact) mass is 284 g/mol. The van der Waals surface area contributed by atoms with Crippen molar-refractivity contribution in [3.63, 3.8) is 0 Å². The third-order valence-electron chi connectivity index (χ3n) is 2.54. The molecule has 0 atom stereocenters. The Morgan fingerprint density at radius 2 is 2.00 bits per heavy atom. The third kappa shape index (κ3) is 1.70. The minimum atomic E-state index is 0.620. The number of anilines is 1. The molecule has 1 aromatic carbocycles. The largest absolute Gasteiger partial charge is 0.398 e. The predicted molar refractivity (Wildman–Crippen MR) is 68.3 cm³/mol. The molecule has 0 bridgehead atoms. The smallest absolute Gasteiger partial charge is 0.0913 e. The second-order valence-electron chi connectivity index (χ2n) is 3.52. The molecular formula is C11H10BrClN2. The molecule has 0 saturated heterocycles. The molecule has 2 N–H and O–H groups in total. The van der Waals surface area contributed by atoms with Crippen LogP contribution >= 0.6 is 27.5 Å². The maximum Gasteiger partial charge on any atom is 0.0913 e. The molecule has 2 nitrogen and oxygen atoms in total. The molecule has 0 aliphatic rings. The van der Waals surface area contributed by atoms with Gasteiger partial charge in [0.15, 0.2) is 0 Å². The van der Waals surface area contributed by atoms with Crippen molar-refractivity contribution >= 4 is 44.1 Å². The van der Waals surface area contributed by atoms with Gasteiger partial charge in [-0.3, -0.25) is 4.98 Å². The van der Waals surface area contributed by atoms with Crippen LogP contribution in [0.3, 0.4) is 0 Å². The van der Waals surface area contributed by atoms with Gasteiger partial charge in [0, 0.05) is 21.2 Å². The quantitative estimate of drug-likeness (QED) is 0.798. The van der Waals surface area contributed by atoms with Crippen molar-refractivity contribution in [2.24, 2.45) is 0 Å². The summed E-state index contributed by atoms with van der Waals surface area (Å²) in [5.74, 6) is 0. The SMILES string of the molecule is Cc1nc2c(Cl)cc(Br)cc2c(N)c1C. The number of aryl methyl sites for hydroxylation is 1. The molecule has 0 unspecified atom stereocenters. The van der Waals surface area contributed by atoms with Crippen molar-refractivity contribution in [1.29, 1.82) is 0 Å². The van der Waals surface area contributed by atoms with Crippen LogP contribution in [-0.4, -0.2) is 4.98 Å². The second-order valence-corrected chi connectivity index (χ2v) is 4.84. The molecule has 0 amide bonds. The van der Waals surface area contributed by atoms with Gasteiger partial charge in [0.1, 0.15) is 0 Å². The van der Waals surface area contributed by atoms with Crippen molar-refractivity contribution < 1.29 is 0 Å². The van der Waals surface area contributed by atoms with Gasteiger partial charge in [0.2, 0.25) is 0 Å². The number of halogens is 2. The molecule has 1 aromatic heterocycles. The van der Waals surface area contributed by atoms with Gasteiger partial charge in [-0.1, -0.05) is 27.5 Å². The van der Waals surface area contributed by atoms with Crippen LogP contribution in [0.25, 0.3) is 10.9 Å². The minimum absolute atomic E-state index is 0.620. The lowest BCUT2D eigenvalue weighted by atomic mass is 10.1. The molecule has 78 valence electrons. The van der Waals surface area contributed by atoms with E-state index in [0.717, 1.165) is 32.3 Å². The average molecular weight is 286 g/mol. The summed E-state index contributed by atoms with van der Waals surface area (Å²) in [5.41, 5.74) is 9.48. The van der Waals surface area contributed by atoms with Crippen LogP contribution in [0.1, 0.15) is 11.3 Å². The topological polar surface area (TPSA) is 38.9 Å². The Morgan fingerprint density at radius 3 is 2.67 bits per heavy atom. The van der Waals surface area contributed by atoms with Gasteiger partial charge in [0.05, 0.1) is 10.5 Å². The number of aromatic nitrogens is 1. The molecule has 0 aliphatic carbocycles. The summed E-state index contributed by atoms with van der Waals surface area (Å²) in [6.07, 6.45) is 0. The van der Waals surface area contributed by atoms with Crippen LogP contribution in [0, 0.1) is 13.8 Å². The van der Waals surface area contributed by atoms with Gasteiger partial charge in [-0.2, -0.15) is 0 Å². The number of fused-ring (bicyclic) bond motifs is 1. The van der Waals surface area contributed by atoms with E-state index in [2.05, 4.69) is 20.9 Å². The normalized spacial score (nSPS) is 10.9. The van der Waals surface area contributed by atoms with Crippen LogP contribution in [0.2, 0.25) is 5.02 Å². The van der Waals surface area contributed by atoms with Crippen LogP contribution in [-0.2, 0) is 0 Å². The fraction of sp³-hybridized carbons (Fsp3) is 0.182. The summed E-state index contributed by atoms with van der Waals surface area (Å²) >= 11 is 9.50. The Kier molecular flexibility index (Phi) is 2.61. The summed E-state index contributed by atoms with van der Waals surface area (Å²) in [4.78, 5) is 4.44. The number of nitrogen functional groups attached to an aromatic ring is 1. The first-order valence-corrected chi connectivity index (χ1v) is 5.69. The molecule has 15 heavy (non-hydrogen) atoms. The summed E-state index contributed by atoms with van der Waals surface area (Å²) < 4.78 is 0.914. The summed E-state index contributed by atoms with van der Waals surface area (Å²) in [6.45, 7) is 3.90. The van der Waals surface area contributed by atoms with E-state index in [-0.39, 0.29) is 0 Å². The van der Waals surface area contributed by atoms with E-state index in [1.807, 2.05) is 26.0 Å². The number of pyridine rings is 1. The molecule has 4 heteroatoms. The zero-order valence-electron chi connectivity index (χ0n) is 8.44. The van der Waals surface area contributed by atoms with Crippen molar-refractivity contribution in [2.75, 3.05) is 5.73 Å². The molecular weight excluding hydrogens is 275 g/mol. The number of hydrogen-bond donors (Lipinski definition) is 1. The standard InChI is InChI=1S/C11H10BrClN2/c1-5-6(2)15-11-8(10(5)14)3-7(12)4-9(11)13/h3-4H,1-2H3,(H2,14,15). The van der Waals surface area contributed by atoms with Crippen LogP contribution in [0.5, 0.6) is 0 Å². The van der Waals surface area contributed by atoms with Gasteiger partial charge in [-0.15, -0.1) is 0 Å². The molecule has 1 heterocycles. The fourth-order valence-corrected chi connectivity index (χ4v) is 2.38. The maximum atomic E-state index is 6.11. The second kappa shape index (κ2) is 3.65. The molecule has 0 radical (unpaired) electrons. The van der Waals surface area contributed by atoms with E-state index in [9.17, 15) is 0 Å². The zero-order chi connectivity index (χ0) is 11.2. The Morgan fingerprint density at radius 1 is 1.33 bits per heavy atom. The highest BCUT2D eigenvalue weighted by atomic mass is 79.9. The van der Waals surface area contributed by atoms with Gasteiger partial charge in [-0.05, 0) is 31.5 Å².